The summed E-state index contributed by atoms with van der Waals surface area (Å²) in [6.07, 6.45) is 1.02. The van der Waals surface area contributed by atoms with Gasteiger partial charge in [-0.05, 0) is 52.3 Å². The Hall–Kier alpha value is -3.56. The van der Waals surface area contributed by atoms with Crippen molar-refractivity contribution in [2.24, 2.45) is 5.92 Å². The fourth-order valence-electron chi connectivity index (χ4n) is 3.88. The van der Waals surface area contributed by atoms with E-state index < -0.39 is 11.7 Å². The number of amides is 2. The molecular weight excluding hydrogens is 450 g/mol. The zero-order chi connectivity index (χ0) is 25.2. The van der Waals surface area contributed by atoms with E-state index in [0.717, 1.165) is 16.9 Å². The van der Waals surface area contributed by atoms with E-state index in [1.165, 1.54) is 4.90 Å². The number of anilines is 2. The zero-order valence-electron chi connectivity index (χ0n) is 20.9. The van der Waals surface area contributed by atoms with Crippen molar-refractivity contribution in [1.82, 2.24) is 14.9 Å². The molecule has 3 heterocycles. The van der Waals surface area contributed by atoms with Gasteiger partial charge in [-0.15, -0.1) is 0 Å². The van der Waals surface area contributed by atoms with Crippen LogP contribution in [0.3, 0.4) is 0 Å². The van der Waals surface area contributed by atoms with Gasteiger partial charge in [-0.2, -0.15) is 4.98 Å². The van der Waals surface area contributed by atoms with E-state index in [1.807, 2.05) is 58.9 Å². The Labute approximate surface area is 205 Å². The molecule has 0 radical (unpaired) electrons. The van der Waals surface area contributed by atoms with Crippen LogP contribution in [0.2, 0.25) is 0 Å². The minimum atomic E-state index is -0.484. The van der Waals surface area contributed by atoms with Crippen LogP contribution in [-0.4, -0.2) is 58.9 Å². The number of ether oxygens (including phenoxy) is 3. The number of carbonyl (C=O) groups is 2. The maximum atomic E-state index is 12.0. The quantitative estimate of drug-likeness (QED) is 0.619. The molecule has 0 spiro atoms. The van der Waals surface area contributed by atoms with Crippen LogP contribution in [0.5, 0.6) is 5.75 Å². The Kier molecular flexibility index (Phi) is 7.00. The Morgan fingerprint density at radius 1 is 1.26 bits per heavy atom. The molecule has 2 amide bonds. The fourth-order valence-corrected chi connectivity index (χ4v) is 3.88. The minimum Gasteiger partial charge on any atom is -0.493 e. The van der Waals surface area contributed by atoms with Gasteiger partial charge in [-0.1, -0.05) is 12.1 Å². The molecule has 0 unspecified atom stereocenters. The highest BCUT2D eigenvalue weighted by molar-refractivity contribution is 5.89. The number of likely N-dealkylation sites (tertiary alicyclic amines) is 1. The van der Waals surface area contributed by atoms with E-state index in [4.69, 9.17) is 14.2 Å². The molecule has 188 valence electrons. The second-order valence-electron chi connectivity index (χ2n) is 9.84. The summed E-state index contributed by atoms with van der Waals surface area (Å²) < 4.78 is 16.4. The van der Waals surface area contributed by atoms with E-state index in [0.29, 0.717) is 43.9 Å². The number of nitrogens with one attached hydrogen (secondary N) is 1. The topological polar surface area (TPSA) is 106 Å². The number of hydrogen-bond acceptors (Lipinski definition) is 8. The number of rotatable bonds is 7. The largest absolute Gasteiger partial charge is 0.493 e. The molecule has 1 aromatic carbocycles. The number of cyclic esters (lactones) is 1. The maximum Gasteiger partial charge on any atom is 0.415 e. The molecule has 4 rings (SSSR count). The van der Waals surface area contributed by atoms with Crippen LogP contribution in [0.25, 0.3) is 0 Å². The first-order chi connectivity index (χ1) is 16.6. The summed E-state index contributed by atoms with van der Waals surface area (Å²) in [5.41, 5.74) is 1.35. The van der Waals surface area contributed by atoms with Crippen molar-refractivity contribution in [1.29, 1.82) is 0 Å². The van der Waals surface area contributed by atoms with Gasteiger partial charge in [0.1, 0.15) is 23.8 Å². The van der Waals surface area contributed by atoms with Gasteiger partial charge in [0.2, 0.25) is 5.95 Å². The lowest BCUT2D eigenvalue weighted by Gasteiger charge is -2.39. The van der Waals surface area contributed by atoms with Gasteiger partial charge in [-0.25, -0.2) is 14.6 Å². The van der Waals surface area contributed by atoms with Crippen LogP contribution in [0, 0.1) is 5.92 Å². The van der Waals surface area contributed by atoms with Gasteiger partial charge in [0.25, 0.3) is 0 Å². The lowest BCUT2D eigenvalue weighted by molar-refractivity contribution is -0.00782. The lowest BCUT2D eigenvalue weighted by Crippen LogP contribution is -2.53. The molecule has 1 atom stereocenters. The Morgan fingerprint density at radius 2 is 1.97 bits per heavy atom. The standard InChI is InChI=1S/C25H33N5O5/c1-6-30-21-19(15-34-24(30)32)11-26-22(28-21)27-16(2)18-7-9-20(10-8-18)33-14-17-12-29(13-17)23(31)35-25(3,4)5/h7-11,16-17H,6,12-15H2,1-5H3,(H,26,27,28)/t16-/m0/s1. The molecule has 2 aromatic rings. The Morgan fingerprint density at radius 3 is 2.63 bits per heavy atom. The molecule has 10 nitrogen and oxygen atoms in total. The average molecular weight is 484 g/mol. The van der Waals surface area contributed by atoms with Gasteiger partial charge in [0.15, 0.2) is 0 Å². The van der Waals surface area contributed by atoms with E-state index in [2.05, 4.69) is 15.3 Å². The summed E-state index contributed by atoms with van der Waals surface area (Å²) in [6, 6.07) is 7.80. The summed E-state index contributed by atoms with van der Waals surface area (Å²) in [7, 11) is 0. The van der Waals surface area contributed by atoms with Crippen molar-refractivity contribution in [2.75, 3.05) is 36.5 Å². The predicted octanol–water partition coefficient (Wildman–Crippen LogP) is 4.37. The molecule has 2 aliphatic heterocycles. The lowest BCUT2D eigenvalue weighted by atomic mass is 10.0. The fraction of sp³-hybridized carbons (Fsp3) is 0.520. The summed E-state index contributed by atoms with van der Waals surface area (Å²) in [4.78, 5) is 36.1. The molecular formula is C25H33N5O5. The summed E-state index contributed by atoms with van der Waals surface area (Å²) in [6.45, 7) is 12.0. The number of hydrogen-bond donors (Lipinski definition) is 1. The third-order valence-electron chi connectivity index (χ3n) is 5.81. The number of benzene rings is 1. The third-order valence-corrected chi connectivity index (χ3v) is 5.81. The molecule has 1 N–H and O–H groups in total. The van der Waals surface area contributed by atoms with Crippen LogP contribution in [0.1, 0.15) is 51.8 Å². The van der Waals surface area contributed by atoms with Crippen LogP contribution < -0.4 is 15.0 Å². The highest BCUT2D eigenvalue weighted by Crippen LogP contribution is 2.27. The van der Waals surface area contributed by atoms with Gasteiger partial charge in [0.05, 0.1) is 18.2 Å². The Balaban J connectivity index is 1.27. The van der Waals surface area contributed by atoms with E-state index in [1.54, 1.807) is 11.1 Å². The number of fused-ring (bicyclic) bond motifs is 1. The normalized spacial score (nSPS) is 16.7. The van der Waals surface area contributed by atoms with Crippen molar-refractivity contribution >= 4 is 24.0 Å². The maximum absolute atomic E-state index is 12.0. The van der Waals surface area contributed by atoms with E-state index in [9.17, 15) is 9.59 Å². The van der Waals surface area contributed by atoms with Gasteiger partial charge in [-0.3, -0.25) is 4.90 Å². The van der Waals surface area contributed by atoms with Crippen molar-refractivity contribution < 1.29 is 23.8 Å². The van der Waals surface area contributed by atoms with Crippen molar-refractivity contribution in [3.8, 4) is 5.75 Å². The molecule has 1 fully saturated rings. The monoisotopic (exact) mass is 483 g/mol. The number of carbonyl (C=O) groups excluding carboxylic acids is 2. The van der Waals surface area contributed by atoms with Crippen LogP contribution in [0.4, 0.5) is 21.4 Å². The van der Waals surface area contributed by atoms with Crippen LogP contribution >= 0.6 is 0 Å². The number of nitrogens with zero attached hydrogens (tertiary/aromatic N) is 4. The summed E-state index contributed by atoms with van der Waals surface area (Å²) in [5.74, 6) is 2.10. The molecule has 1 saturated heterocycles. The third kappa shape index (κ3) is 5.93. The predicted molar refractivity (Wildman–Crippen MR) is 131 cm³/mol. The second-order valence-corrected chi connectivity index (χ2v) is 9.84. The average Bonchev–Trinajstić information content (AvgIpc) is 2.77. The molecule has 1 aromatic heterocycles. The molecule has 0 saturated carbocycles. The van der Waals surface area contributed by atoms with Crippen molar-refractivity contribution in [2.45, 2.75) is 52.9 Å². The van der Waals surface area contributed by atoms with E-state index >= 15 is 0 Å². The first-order valence-electron chi connectivity index (χ1n) is 11.9. The summed E-state index contributed by atoms with van der Waals surface area (Å²) in [5, 5.41) is 3.30. The van der Waals surface area contributed by atoms with Crippen LogP contribution in [0.15, 0.2) is 30.5 Å². The molecule has 2 aliphatic rings. The first-order valence-corrected chi connectivity index (χ1v) is 11.9. The SMILES string of the molecule is CCN1C(=O)OCc2cnc(N[C@@H](C)c3ccc(OCC4CN(C(=O)OC(C)(C)C)C4)cc3)nc21. The first kappa shape index (κ1) is 24.6. The summed E-state index contributed by atoms with van der Waals surface area (Å²) >= 11 is 0. The molecule has 0 bridgehead atoms. The molecule has 35 heavy (non-hydrogen) atoms. The van der Waals surface area contributed by atoms with Crippen LogP contribution in [-0.2, 0) is 16.1 Å². The van der Waals surface area contributed by atoms with Gasteiger partial charge in [0, 0.05) is 31.7 Å². The van der Waals surface area contributed by atoms with Gasteiger partial charge < -0.3 is 24.4 Å². The second kappa shape index (κ2) is 9.97. The number of aromatic nitrogens is 2. The van der Waals surface area contributed by atoms with Crippen molar-refractivity contribution in [3.05, 3.63) is 41.6 Å². The zero-order valence-corrected chi connectivity index (χ0v) is 20.9. The Bertz CT molecular complexity index is 1060. The highest BCUT2D eigenvalue weighted by atomic mass is 16.6. The van der Waals surface area contributed by atoms with Crippen molar-refractivity contribution in [3.63, 3.8) is 0 Å². The molecule has 10 heteroatoms. The smallest absolute Gasteiger partial charge is 0.415 e. The molecule has 0 aliphatic carbocycles. The minimum absolute atomic E-state index is 0.0539. The van der Waals surface area contributed by atoms with Gasteiger partial charge >= 0.3 is 12.2 Å². The highest BCUT2D eigenvalue weighted by Gasteiger charge is 2.34. The van der Waals surface area contributed by atoms with E-state index in [-0.39, 0.29) is 18.7 Å².